The number of hydrogen-bond acceptors (Lipinski definition) is 3. The van der Waals surface area contributed by atoms with Crippen LogP contribution in [-0.4, -0.2) is 9.13 Å². The number of para-hydroxylation sites is 2. The van der Waals surface area contributed by atoms with Gasteiger partial charge < -0.3 is 9.13 Å². The van der Waals surface area contributed by atoms with E-state index >= 15 is 0 Å². The van der Waals surface area contributed by atoms with Crippen LogP contribution in [0.5, 0.6) is 0 Å². The maximum Gasteiger partial charge on any atom is 0.101 e. The molecule has 0 aliphatic heterocycles. The summed E-state index contributed by atoms with van der Waals surface area (Å²) in [4.78, 5) is 0. The van der Waals surface area contributed by atoms with Crippen molar-refractivity contribution in [1.82, 2.24) is 9.13 Å². The fourth-order valence-electron chi connectivity index (χ4n) is 7.52. The van der Waals surface area contributed by atoms with E-state index in [-0.39, 0.29) is 5.92 Å². The Hall–Kier alpha value is -7.31. The Morgan fingerprint density at radius 2 is 1.46 bits per heavy atom. The van der Waals surface area contributed by atoms with E-state index in [0.717, 1.165) is 77.6 Å². The third-order valence-corrected chi connectivity index (χ3v) is 9.74. The molecule has 0 saturated heterocycles. The number of hydrogen-bond donors (Lipinski definition) is 0. The summed E-state index contributed by atoms with van der Waals surface area (Å²) in [5.41, 5.74) is 11.9. The van der Waals surface area contributed by atoms with Crippen molar-refractivity contribution in [3.05, 3.63) is 162 Å². The Balaban J connectivity index is 1.22. The van der Waals surface area contributed by atoms with E-state index in [2.05, 4.69) is 124 Å². The summed E-state index contributed by atoms with van der Waals surface area (Å²) >= 11 is 0. The highest BCUT2D eigenvalue weighted by molar-refractivity contribution is 6.08. The average molecular weight is 636 g/mol. The molecule has 0 bridgehead atoms. The summed E-state index contributed by atoms with van der Waals surface area (Å²) in [6.07, 6.45) is 4.42. The van der Waals surface area contributed by atoms with Crippen molar-refractivity contribution in [2.24, 2.45) is 5.92 Å². The van der Waals surface area contributed by atoms with Gasteiger partial charge in [-0.15, -0.1) is 0 Å². The molecule has 0 spiro atoms. The summed E-state index contributed by atoms with van der Waals surface area (Å²) in [5.74, 6) is -0.292. The minimum atomic E-state index is -0.292. The third kappa shape index (κ3) is 4.40. The minimum Gasteiger partial charge on any atom is -0.311 e. The van der Waals surface area contributed by atoms with Crippen molar-refractivity contribution in [2.75, 3.05) is 0 Å². The van der Waals surface area contributed by atoms with Crippen LogP contribution >= 0.6 is 0 Å². The second-order valence-electron chi connectivity index (χ2n) is 12.5. The van der Waals surface area contributed by atoms with Gasteiger partial charge in [0.1, 0.15) is 6.07 Å². The quantitative estimate of drug-likeness (QED) is 0.193. The van der Waals surface area contributed by atoms with Gasteiger partial charge in [0, 0.05) is 39.7 Å². The SMILES string of the molecule is N#Cc1ccc2c(c1)c1c(n2-c2c(C#N)cccc2-c2cccc(-c3cccc(-n4c5ccc#cc5c5ccccc54)c3)c2)CC(C#N)C=C1. The standard InChI is InChI=1S/C45H25N5/c46-26-29-19-21-43-40(22-29)39-20-18-30(27-47)23-44(39)50(43)45-34(28-48)11-7-15-36(45)33-10-5-8-31(24-33)32-9-6-12-35(25-32)49-41-16-3-1-13-37(41)38-14-2-4-17-42(38)49/h1,3-13,15-22,24-25,30H,23H2. The molecule has 0 radical (unpaired) electrons. The van der Waals surface area contributed by atoms with Gasteiger partial charge in [-0.25, -0.2) is 0 Å². The number of allylic oxidation sites excluding steroid dienone is 1. The van der Waals surface area contributed by atoms with Crippen molar-refractivity contribution in [3.63, 3.8) is 0 Å². The lowest BCUT2D eigenvalue weighted by Crippen LogP contribution is -2.11. The highest BCUT2D eigenvalue weighted by atomic mass is 15.0. The van der Waals surface area contributed by atoms with Crippen molar-refractivity contribution in [1.29, 1.82) is 15.8 Å². The molecule has 1 aliphatic rings. The topological polar surface area (TPSA) is 81.2 Å². The summed E-state index contributed by atoms with van der Waals surface area (Å²) in [6.45, 7) is 0. The van der Waals surface area contributed by atoms with E-state index in [1.807, 2.05) is 48.6 Å². The third-order valence-electron chi connectivity index (χ3n) is 9.74. The fraction of sp³-hybridized carbons (Fsp3) is 0.0444. The lowest BCUT2D eigenvalue weighted by Gasteiger charge is -2.20. The van der Waals surface area contributed by atoms with Gasteiger partial charge >= 0.3 is 0 Å². The Morgan fingerprint density at radius 1 is 0.660 bits per heavy atom. The molecule has 6 aromatic carbocycles. The van der Waals surface area contributed by atoms with Gasteiger partial charge in [0.15, 0.2) is 0 Å². The first-order chi connectivity index (χ1) is 24.7. The molecule has 0 amide bonds. The van der Waals surface area contributed by atoms with Crippen LogP contribution in [0.4, 0.5) is 0 Å². The molecule has 1 atom stereocenters. The largest absolute Gasteiger partial charge is 0.311 e. The first-order valence-electron chi connectivity index (χ1n) is 16.4. The van der Waals surface area contributed by atoms with E-state index in [0.29, 0.717) is 17.5 Å². The van der Waals surface area contributed by atoms with Gasteiger partial charge in [-0.05, 0) is 77.4 Å². The highest BCUT2D eigenvalue weighted by Crippen LogP contribution is 2.41. The summed E-state index contributed by atoms with van der Waals surface area (Å²) in [5, 5.41) is 33.2. The molecule has 2 heterocycles. The number of rotatable bonds is 4. The minimum absolute atomic E-state index is 0.292. The predicted molar refractivity (Wildman–Crippen MR) is 197 cm³/mol. The van der Waals surface area contributed by atoms with E-state index < -0.39 is 0 Å². The molecule has 5 heteroatoms. The Bertz CT molecular complexity index is 2790. The Labute approximate surface area is 289 Å². The maximum atomic E-state index is 10.5. The normalized spacial score (nSPS) is 13.4. The van der Waals surface area contributed by atoms with Gasteiger partial charge in [0.2, 0.25) is 0 Å². The van der Waals surface area contributed by atoms with Crippen LogP contribution in [0.2, 0.25) is 0 Å². The first kappa shape index (κ1) is 28.9. The van der Waals surface area contributed by atoms with E-state index in [9.17, 15) is 15.8 Å². The lowest BCUT2D eigenvalue weighted by molar-refractivity contribution is 0.768. The van der Waals surface area contributed by atoms with Crippen molar-refractivity contribution < 1.29 is 0 Å². The highest BCUT2D eigenvalue weighted by Gasteiger charge is 2.26. The number of aromatic nitrogens is 2. The monoisotopic (exact) mass is 635 g/mol. The molecule has 0 fully saturated rings. The second-order valence-corrected chi connectivity index (χ2v) is 12.5. The molecule has 1 aliphatic carbocycles. The summed E-state index contributed by atoms with van der Waals surface area (Å²) in [6, 6.07) is 54.4. The summed E-state index contributed by atoms with van der Waals surface area (Å²) < 4.78 is 4.41. The van der Waals surface area contributed by atoms with Crippen molar-refractivity contribution in [2.45, 2.75) is 6.42 Å². The molecule has 5 nitrogen and oxygen atoms in total. The fourth-order valence-corrected chi connectivity index (χ4v) is 7.52. The van der Waals surface area contributed by atoms with Gasteiger partial charge in [-0.2, -0.15) is 15.8 Å². The summed E-state index contributed by atoms with van der Waals surface area (Å²) in [7, 11) is 0. The zero-order chi connectivity index (χ0) is 33.8. The molecule has 230 valence electrons. The van der Waals surface area contributed by atoms with Crippen LogP contribution in [0.15, 0.2) is 127 Å². The van der Waals surface area contributed by atoms with Crippen molar-refractivity contribution in [3.8, 4) is 51.8 Å². The zero-order valence-corrected chi connectivity index (χ0v) is 26.7. The van der Waals surface area contributed by atoms with Gasteiger partial charge in [0.25, 0.3) is 0 Å². The van der Waals surface area contributed by atoms with Crippen LogP contribution in [0.3, 0.4) is 0 Å². The molecule has 9 rings (SSSR count). The number of nitrogens with zero attached hydrogens (tertiary/aromatic N) is 5. The second kappa shape index (κ2) is 11.4. The van der Waals surface area contributed by atoms with E-state index in [1.54, 1.807) is 0 Å². The van der Waals surface area contributed by atoms with E-state index in [4.69, 9.17) is 0 Å². The smallest absolute Gasteiger partial charge is 0.101 e. The number of nitriles is 3. The molecule has 2 aromatic heterocycles. The first-order valence-corrected chi connectivity index (χ1v) is 16.4. The zero-order valence-electron chi connectivity index (χ0n) is 26.7. The molecule has 8 aromatic rings. The van der Waals surface area contributed by atoms with Crippen LogP contribution in [0.25, 0.3) is 72.4 Å². The Morgan fingerprint density at radius 3 is 2.32 bits per heavy atom. The lowest BCUT2D eigenvalue weighted by atomic mass is 9.93. The molecule has 0 saturated carbocycles. The van der Waals surface area contributed by atoms with Crippen LogP contribution in [-0.2, 0) is 6.42 Å². The van der Waals surface area contributed by atoms with Crippen LogP contribution in [0, 0.1) is 52.0 Å². The number of benzene rings is 5. The van der Waals surface area contributed by atoms with Gasteiger partial charge in [-0.1, -0.05) is 84.9 Å². The molecule has 1 unspecified atom stereocenters. The average Bonchev–Trinajstić information content (AvgIpc) is 3.69. The predicted octanol–water partition coefficient (Wildman–Crippen LogP) is 10.1. The number of fused-ring (bicyclic) bond motifs is 6. The van der Waals surface area contributed by atoms with Gasteiger partial charge in [0.05, 0.1) is 56.8 Å². The van der Waals surface area contributed by atoms with E-state index in [1.165, 1.54) is 0 Å². The van der Waals surface area contributed by atoms with Crippen LogP contribution < -0.4 is 0 Å². The molecule has 50 heavy (non-hydrogen) atoms. The molecular formula is C45H25N5. The van der Waals surface area contributed by atoms with Crippen molar-refractivity contribution >= 4 is 38.8 Å². The van der Waals surface area contributed by atoms with Gasteiger partial charge in [-0.3, -0.25) is 0 Å². The molecule has 0 N–H and O–H groups in total. The van der Waals surface area contributed by atoms with Crippen LogP contribution in [0.1, 0.15) is 22.4 Å². The Kier molecular flexibility index (Phi) is 6.60. The molecular weight excluding hydrogens is 611 g/mol. The maximum absolute atomic E-state index is 10.5.